The van der Waals surface area contributed by atoms with Crippen molar-refractivity contribution in [3.05, 3.63) is 53.3 Å². The first kappa shape index (κ1) is 13.9. The number of benzene rings is 1. The third-order valence-corrected chi connectivity index (χ3v) is 3.70. The molecule has 0 radical (unpaired) electrons. The molecule has 0 saturated heterocycles. The molecule has 21 heavy (non-hydrogen) atoms. The molecule has 2 heterocycles. The van der Waals surface area contributed by atoms with Crippen LogP contribution in [0.5, 0.6) is 11.5 Å². The summed E-state index contributed by atoms with van der Waals surface area (Å²) in [5.41, 5.74) is 2.75. The number of nitrogens with zero attached hydrogens (tertiary/aromatic N) is 1. The summed E-state index contributed by atoms with van der Waals surface area (Å²) < 4.78 is 11.3. The first-order valence-corrected chi connectivity index (χ1v) is 7.30. The van der Waals surface area contributed by atoms with Crippen LogP contribution in [0.3, 0.4) is 0 Å². The topological polar surface area (TPSA) is 51.6 Å². The Morgan fingerprint density at radius 2 is 2.00 bits per heavy atom. The molecule has 1 atom stereocenters. The molecule has 0 saturated carbocycles. The number of aliphatic hydroxyl groups excluding tert-OH is 1. The molecule has 2 aromatic rings. The van der Waals surface area contributed by atoms with Gasteiger partial charge in [0.2, 0.25) is 0 Å². The molecule has 0 fully saturated rings. The predicted octanol–water partition coefficient (Wildman–Crippen LogP) is 2.89. The molecule has 0 amide bonds. The minimum Gasteiger partial charge on any atom is -0.490 e. The highest BCUT2D eigenvalue weighted by molar-refractivity contribution is 5.46. The zero-order valence-electron chi connectivity index (χ0n) is 12.1. The first-order chi connectivity index (χ1) is 10.3. The Morgan fingerprint density at radius 1 is 1.19 bits per heavy atom. The Bertz CT molecular complexity index is 627. The molecule has 1 unspecified atom stereocenters. The van der Waals surface area contributed by atoms with Crippen LogP contribution >= 0.6 is 0 Å². The Morgan fingerprint density at radius 3 is 2.81 bits per heavy atom. The average molecular weight is 285 g/mol. The van der Waals surface area contributed by atoms with E-state index in [0.717, 1.165) is 35.3 Å². The smallest absolute Gasteiger partial charge is 0.161 e. The van der Waals surface area contributed by atoms with Crippen molar-refractivity contribution in [2.75, 3.05) is 13.2 Å². The lowest BCUT2D eigenvalue weighted by Gasteiger charge is -2.16. The van der Waals surface area contributed by atoms with Crippen LogP contribution in [0.2, 0.25) is 0 Å². The van der Waals surface area contributed by atoms with E-state index in [1.165, 1.54) is 0 Å². The van der Waals surface area contributed by atoms with Gasteiger partial charge in [0.05, 0.1) is 13.2 Å². The third-order valence-electron chi connectivity index (χ3n) is 3.70. The van der Waals surface area contributed by atoms with Crippen molar-refractivity contribution in [2.24, 2.45) is 0 Å². The fourth-order valence-corrected chi connectivity index (χ4v) is 2.53. The Labute approximate surface area is 124 Å². The molecule has 1 aliphatic heterocycles. The third kappa shape index (κ3) is 2.85. The van der Waals surface area contributed by atoms with Crippen LogP contribution in [0, 0.1) is 0 Å². The van der Waals surface area contributed by atoms with Crippen molar-refractivity contribution in [1.29, 1.82) is 0 Å². The molecule has 1 aromatic heterocycles. The number of aromatic nitrogens is 1. The van der Waals surface area contributed by atoms with Gasteiger partial charge in [0.25, 0.3) is 0 Å². The SMILES string of the molecule is CCc1cnccc1C(O)c1ccc2c(c1)OCCCO2. The second-order valence-electron chi connectivity index (χ2n) is 5.09. The Balaban J connectivity index is 1.94. The van der Waals surface area contributed by atoms with E-state index in [9.17, 15) is 5.11 Å². The van der Waals surface area contributed by atoms with Gasteiger partial charge >= 0.3 is 0 Å². The second kappa shape index (κ2) is 6.14. The van der Waals surface area contributed by atoms with Crippen molar-refractivity contribution >= 4 is 0 Å². The molecule has 0 aliphatic carbocycles. The molecule has 110 valence electrons. The van der Waals surface area contributed by atoms with E-state index in [-0.39, 0.29) is 0 Å². The quantitative estimate of drug-likeness (QED) is 0.942. The molecular weight excluding hydrogens is 266 g/mol. The number of aliphatic hydroxyl groups is 1. The summed E-state index contributed by atoms with van der Waals surface area (Å²) in [7, 11) is 0. The minimum absolute atomic E-state index is 0.641. The fraction of sp³-hybridized carbons (Fsp3) is 0.353. The van der Waals surface area contributed by atoms with Crippen molar-refractivity contribution in [2.45, 2.75) is 25.9 Å². The number of aryl methyl sites for hydroxylation is 1. The van der Waals surface area contributed by atoms with Crippen LogP contribution in [0.15, 0.2) is 36.7 Å². The lowest BCUT2D eigenvalue weighted by atomic mass is 9.97. The summed E-state index contributed by atoms with van der Waals surface area (Å²) in [4.78, 5) is 4.12. The summed E-state index contributed by atoms with van der Waals surface area (Å²) in [6, 6.07) is 7.49. The zero-order chi connectivity index (χ0) is 14.7. The minimum atomic E-state index is -0.680. The van der Waals surface area contributed by atoms with Gasteiger partial charge in [0.1, 0.15) is 6.10 Å². The summed E-state index contributed by atoms with van der Waals surface area (Å²) in [5.74, 6) is 1.45. The van der Waals surface area contributed by atoms with E-state index in [4.69, 9.17) is 9.47 Å². The normalized spacial score (nSPS) is 15.3. The van der Waals surface area contributed by atoms with Crippen molar-refractivity contribution in [3.63, 3.8) is 0 Å². The maximum absolute atomic E-state index is 10.7. The maximum atomic E-state index is 10.7. The molecule has 0 bridgehead atoms. The monoisotopic (exact) mass is 285 g/mol. The van der Waals surface area contributed by atoms with E-state index < -0.39 is 6.10 Å². The van der Waals surface area contributed by atoms with Gasteiger partial charge in [-0.2, -0.15) is 0 Å². The Hall–Kier alpha value is -2.07. The molecule has 3 rings (SSSR count). The van der Waals surface area contributed by atoms with Gasteiger partial charge in [0.15, 0.2) is 11.5 Å². The molecule has 1 N–H and O–H groups in total. The van der Waals surface area contributed by atoms with E-state index in [1.807, 2.05) is 30.5 Å². The van der Waals surface area contributed by atoms with Gasteiger partial charge in [-0.15, -0.1) is 0 Å². The second-order valence-corrected chi connectivity index (χ2v) is 5.09. The number of rotatable bonds is 3. The molecular formula is C17H19NO3. The highest BCUT2D eigenvalue weighted by atomic mass is 16.5. The molecule has 1 aliphatic rings. The number of fused-ring (bicyclic) bond motifs is 1. The van der Waals surface area contributed by atoms with E-state index in [0.29, 0.717) is 19.0 Å². The van der Waals surface area contributed by atoms with E-state index >= 15 is 0 Å². The predicted molar refractivity (Wildman–Crippen MR) is 79.7 cm³/mol. The van der Waals surface area contributed by atoms with Crippen molar-refractivity contribution in [1.82, 2.24) is 4.98 Å². The number of hydrogen-bond donors (Lipinski definition) is 1. The van der Waals surface area contributed by atoms with Crippen LogP contribution in [-0.2, 0) is 6.42 Å². The lowest BCUT2D eigenvalue weighted by molar-refractivity contribution is 0.218. The van der Waals surface area contributed by atoms with Gasteiger partial charge in [0, 0.05) is 18.8 Å². The Kier molecular flexibility index (Phi) is 4.06. The molecule has 4 nitrogen and oxygen atoms in total. The number of pyridine rings is 1. The standard InChI is InChI=1S/C17H19NO3/c1-2-12-11-18-7-6-14(12)17(19)13-4-5-15-16(10-13)21-9-3-8-20-15/h4-7,10-11,17,19H,2-3,8-9H2,1H3. The van der Waals surface area contributed by atoms with Crippen molar-refractivity contribution < 1.29 is 14.6 Å². The summed E-state index contributed by atoms with van der Waals surface area (Å²) in [6.07, 6.45) is 4.55. The largest absolute Gasteiger partial charge is 0.490 e. The van der Waals surface area contributed by atoms with Crippen molar-refractivity contribution in [3.8, 4) is 11.5 Å². The molecule has 1 aromatic carbocycles. The summed E-state index contributed by atoms with van der Waals surface area (Å²) in [5, 5.41) is 10.7. The van der Waals surface area contributed by atoms with Crippen LogP contribution in [-0.4, -0.2) is 23.3 Å². The first-order valence-electron chi connectivity index (χ1n) is 7.30. The molecule has 4 heteroatoms. The van der Waals surface area contributed by atoms with E-state index in [1.54, 1.807) is 6.20 Å². The lowest BCUT2D eigenvalue weighted by Crippen LogP contribution is -2.04. The highest BCUT2D eigenvalue weighted by Crippen LogP contribution is 2.34. The van der Waals surface area contributed by atoms with Gasteiger partial charge in [-0.05, 0) is 41.3 Å². The van der Waals surface area contributed by atoms with Gasteiger partial charge in [-0.25, -0.2) is 0 Å². The highest BCUT2D eigenvalue weighted by Gasteiger charge is 2.17. The maximum Gasteiger partial charge on any atom is 0.161 e. The fourth-order valence-electron chi connectivity index (χ4n) is 2.53. The van der Waals surface area contributed by atoms with Gasteiger partial charge in [-0.3, -0.25) is 4.98 Å². The zero-order valence-corrected chi connectivity index (χ0v) is 12.1. The average Bonchev–Trinajstić information content (AvgIpc) is 2.78. The van der Waals surface area contributed by atoms with Crippen LogP contribution in [0.4, 0.5) is 0 Å². The summed E-state index contributed by atoms with van der Waals surface area (Å²) >= 11 is 0. The number of ether oxygens (including phenoxy) is 2. The van der Waals surface area contributed by atoms with Crippen LogP contribution in [0.1, 0.15) is 36.1 Å². The van der Waals surface area contributed by atoms with Gasteiger partial charge in [-0.1, -0.05) is 13.0 Å². The summed E-state index contributed by atoms with van der Waals surface area (Å²) in [6.45, 7) is 3.36. The molecule has 0 spiro atoms. The van der Waals surface area contributed by atoms with Gasteiger partial charge < -0.3 is 14.6 Å². The van der Waals surface area contributed by atoms with E-state index in [2.05, 4.69) is 11.9 Å². The number of hydrogen-bond acceptors (Lipinski definition) is 4. The van der Waals surface area contributed by atoms with Crippen LogP contribution in [0.25, 0.3) is 0 Å². The van der Waals surface area contributed by atoms with Crippen LogP contribution < -0.4 is 9.47 Å².